The Bertz CT molecular complexity index is 2770. The molecule has 0 amide bonds. The molecule has 0 saturated heterocycles. The van der Waals surface area contributed by atoms with Gasteiger partial charge in [0.05, 0.1) is 52.2 Å². The van der Waals surface area contributed by atoms with E-state index in [4.69, 9.17) is 26.3 Å². The summed E-state index contributed by atoms with van der Waals surface area (Å²) in [7, 11) is 0. The number of hydrogen-bond acceptors (Lipinski definition) is 12. The topological polar surface area (TPSA) is 107 Å². The van der Waals surface area contributed by atoms with Crippen LogP contribution in [0.3, 0.4) is 0 Å². The second-order valence-electron chi connectivity index (χ2n) is 11.4. The Hall–Kier alpha value is -5.95. The van der Waals surface area contributed by atoms with Gasteiger partial charge in [-0.3, -0.25) is 0 Å². The Morgan fingerprint density at radius 3 is 1.67 bits per heavy atom. The van der Waals surface area contributed by atoms with Crippen LogP contribution in [0.2, 0.25) is 0 Å². The van der Waals surface area contributed by atoms with Gasteiger partial charge in [-0.15, -0.1) is 0 Å². The molecule has 12 heteroatoms. The van der Waals surface area contributed by atoms with Crippen LogP contribution in [0.5, 0.6) is 0 Å². The van der Waals surface area contributed by atoms with Crippen molar-refractivity contribution in [2.75, 3.05) is 4.90 Å². The molecule has 10 rings (SSSR count). The Kier molecular flexibility index (Phi) is 6.50. The van der Waals surface area contributed by atoms with E-state index in [1.807, 2.05) is 66.7 Å². The molecule has 232 valence electrons. The van der Waals surface area contributed by atoms with Crippen LogP contribution in [0.25, 0.3) is 77.9 Å². The quantitative estimate of drug-likeness (QED) is 0.169. The van der Waals surface area contributed by atoms with Gasteiger partial charge in [0.2, 0.25) is 5.89 Å². The van der Waals surface area contributed by atoms with E-state index < -0.39 is 0 Å². The molecule has 49 heavy (non-hydrogen) atoms. The zero-order chi connectivity index (χ0) is 32.3. The smallest absolute Gasteiger partial charge is 0.227 e. The third-order valence-electron chi connectivity index (χ3n) is 8.60. The standard InChI is InChI=1S/C37H20N8OS3/c1-2-7-21(8-3-1)24-17-19-29(35-32(24)40-48-43-35)45(28-11-6-10-27-34(28)42-47-39-27)30-20-18-25(33-36(30)44-49-41-33)22-13-15-23(16-14-22)37-38-26-9-4-5-12-31(26)46-37/h1-20H. The van der Waals surface area contributed by atoms with Crippen molar-refractivity contribution in [3.8, 4) is 33.7 Å². The van der Waals surface area contributed by atoms with Crippen molar-refractivity contribution in [1.82, 2.24) is 31.2 Å². The summed E-state index contributed by atoms with van der Waals surface area (Å²) in [5, 5.41) is 0. The van der Waals surface area contributed by atoms with E-state index in [0.717, 1.165) is 89.1 Å². The molecule has 9 nitrogen and oxygen atoms in total. The maximum Gasteiger partial charge on any atom is 0.227 e. The number of rotatable bonds is 6. The van der Waals surface area contributed by atoms with Crippen molar-refractivity contribution < 1.29 is 4.42 Å². The van der Waals surface area contributed by atoms with Crippen molar-refractivity contribution in [3.63, 3.8) is 0 Å². The molecule has 0 bridgehead atoms. The number of benzene rings is 6. The fourth-order valence-corrected chi connectivity index (χ4v) is 7.98. The predicted molar refractivity (Wildman–Crippen MR) is 198 cm³/mol. The number of oxazole rings is 1. The van der Waals surface area contributed by atoms with Gasteiger partial charge in [-0.1, -0.05) is 60.7 Å². The first kappa shape index (κ1) is 28.1. The van der Waals surface area contributed by atoms with E-state index in [2.05, 4.69) is 68.9 Å². The number of anilines is 3. The molecule has 0 saturated carbocycles. The minimum Gasteiger partial charge on any atom is -0.436 e. The predicted octanol–water partition coefficient (Wildman–Crippen LogP) is 10.3. The van der Waals surface area contributed by atoms with Crippen LogP contribution in [0.15, 0.2) is 126 Å². The van der Waals surface area contributed by atoms with E-state index in [9.17, 15) is 0 Å². The summed E-state index contributed by atoms with van der Waals surface area (Å²) in [4.78, 5) is 6.84. The SMILES string of the molecule is c1ccc(-c2ccc(N(c3cccc4nsnc34)c3ccc(-c4ccc(-c5nc6ccccc6o5)cc4)c4nsnc34)c3nsnc23)cc1. The number of nitrogens with zero attached hydrogens (tertiary/aromatic N) is 8. The van der Waals surface area contributed by atoms with E-state index in [-0.39, 0.29) is 0 Å². The lowest BCUT2D eigenvalue weighted by Crippen LogP contribution is -2.12. The number of aromatic nitrogens is 7. The van der Waals surface area contributed by atoms with Gasteiger partial charge < -0.3 is 9.32 Å². The Morgan fingerprint density at radius 1 is 0.408 bits per heavy atom. The molecule has 0 N–H and O–H groups in total. The fraction of sp³-hybridized carbons (Fsp3) is 0. The average molecular weight is 689 g/mol. The Labute approximate surface area is 290 Å². The highest BCUT2D eigenvalue weighted by molar-refractivity contribution is 7.00. The van der Waals surface area contributed by atoms with Gasteiger partial charge in [-0.2, -0.15) is 26.2 Å². The molecular weight excluding hydrogens is 669 g/mol. The minimum absolute atomic E-state index is 0.589. The highest BCUT2D eigenvalue weighted by Gasteiger charge is 2.26. The van der Waals surface area contributed by atoms with Gasteiger partial charge in [0.15, 0.2) is 5.58 Å². The second kappa shape index (κ2) is 11.3. The summed E-state index contributed by atoms with van der Waals surface area (Å²) < 4.78 is 34.5. The maximum atomic E-state index is 6.01. The van der Waals surface area contributed by atoms with Gasteiger partial charge in [0.1, 0.15) is 38.6 Å². The van der Waals surface area contributed by atoms with Crippen molar-refractivity contribution in [2.24, 2.45) is 0 Å². The van der Waals surface area contributed by atoms with E-state index >= 15 is 0 Å². The van der Waals surface area contributed by atoms with Gasteiger partial charge in [-0.25, -0.2) is 4.98 Å². The third-order valence-corrected chi connectivity index (χ3v) is 10.2. The van der Waals surface area contributed by atoms with Crippen LogP contribution in [0.1, 0.15) is 0 Å². The first-order valence-corrected chi connectivity index (χ1v) is 17.5. The van der Waals surface area contributed by atoms with E-state index in [1.54, 1.807) is 0 Å². The van der Waals surface area contributed by atoms with Crippen LogP contribution in [-0.2, 0) is 0 Å². The number of hydrogen-bond donors (Lipinski definition) is 0. The van der Waals surface area contributed by atoms with Crippen molar-refractivity contribution in [1.29, 1.82) is 0 Å². The lowest BCUT2D eigenvalue weighted by molar-refractivity contribution is 0.620. The van der Waals surface area contributed by atoms with Crippen LogP contribution >= 0.6 is 35.2 Å². The summed E-state index contributed by atoms with van der Waals surface area (Å²) in [6, 6.07) is 40.7. The lowest BCUT2D eigenvalue weighted by Gasteiger charge is -2.26. The molecule has 0 aliphatic carbocycles. The zero-order valence-electron chi connectivity index (χ0n) is 25.3. The summed E-state index contributed by atoms with van der Waals surface area (Å²) in [6.45, 7) is 0. The highest BCUT2D eigenvalue weighted by atomic mass is 32.1. The first-order chi connectivity index (χ1) is 24.3. The van der Waals surface area contributed by atoms with Crippen LogP contribution in [0, 0.1) is 0 Å². The number of fused-ring (bicyclic) bond motifs is 4. The molecule has 0 radical (unpaired) electrons. The summed E-state index contributed by atoms with van der Waals surface area (Å²) >= 11 is 3.59. The number of para-hydroxylation sites is 2. The molecule has 0 aliphatic heterocycles. The molecule has 0 unspecified atom stereocenters. The molecule has 0 fully saturated rings. The first-order valence-electron chi connectivity index (χ1n) is 15.3. The molecule has 10 aromatic rings. The molecule has 4 aromatic heterocycles. The second-order valence-corrected chi connectivity index (χ2v) is 12.9. The molecule has 0 spiro atoms. The van der Waals surface area contributed by atoms with Crippen LogP contribution in [0.4, 0.5) is 17.1 Å². The van der Waals surface area contributed by atoms with Crippen molar-refractivity contribution >= 4 is 96.4 Å². The lowest BCUT2D eigenvalue weighted by atomic mass is 10.00. The molecule has 0 aliphatic rings. The highest BCUT2D eigenvalue weighted by Crippen LogP contribution is 2.46. The zero-order valence-corrected chi connectivity index (χ0v) is 27.7. The summed E-state index contributed by atoms with van der Waals surface area (Å²) in [5.41, 5.74) is 14.0. The molecular formula is C37H20N8OS3. The van der Waals surface area contributed by atoms with Gasteiger partial charge >= 0.3 is 0 Å². The Morgan fingerprint density at radius 2 is 0.959 bits per heavy atom. The van der Waals surface area contributed by atoms with Crippen LogP contribution in [-0.4, -0.2) is 31.2 Å². The normalized spacial score (nSPS) is 11.7. The van der Waals surface area contributed by atoms with Crippen molar-refractivity contribution in [3.05, 3.63) is 121 Å². The average Bonchev–Trinajstić information content (AvgIpc) is 3.98. The van der Waals surface area contributed by atoms with E-state index in [1.165, 1.54) is 35.2 Å². The largest absolute Gasteiger partial charge is 0.436 e. The minimum atomic E-state index is 0.589. The van der Waals surface area contributed by atoms with E-state index in [0.29, 0.717) is 5.89 Å². The summed E-state index contributed by atoms with van der Waals surface area (Å²) in [5.74, 6) is 0.589. The maximum absolute atomic E-state index is 6.01. The molecule has 6 aromatic carbocycles. The Balaban J connectivity index is 1.13. The van der Waals surface area contributed by atoms with Gasteiger partial charge in [0, 0.05) is 16.7 Å². The van der Waals surface area contributed by atoms with Crippen molar-refractivity contribution in [2.45, 2.75) is 0 Å². The van der Waals surface area contributed by atoms with Gasteiger partial charge in [0.25, 0.3) is 0 Å². The molecule has 0 atom stereocenters. The van der Waals surface area contributed by atoms with Crippen LogP contribution < -0.4 is 4.90 Å². The monoisotopic (exact) mass is 688 g/mol. The van der Waals surface area contributed by atoms with Gasteiger partial charge in [-0.05, 0) is 71.8 Å². The molecule has 4 heterocycles. The third kappa shape index (κ3) is 4.60. The fourth-order valence-electron chi connectivity index (χ4n) is 6.30. The summed E-state index contributed by atoms with van der Waals surface area (Å²) in [6.07, 6.45) is 0.